The van der Waals surface area contributed by atoms with E-state index in [0.717, 1.165) is 0 Å². The molecule has 14 heteroatoms. The fourth-order valence-electron chi connectivity index (χ4n) is 3.44. The second-order valence-corrected chi connectivity index (χ2v) is 7.45. The van der Waals surface area contributed by atoms with E-state index >= 15 is 0 Å². The topological polar surface area (TPSA) is 138 Å². The summed E-state index contributed by atoms with van der Waals surface area (Å²) in [6.07, 6.45) is -3.39. The first-order valence-corrected chi connectivity index (χ1v) is 10.4. The number of ether oxygens (including phenoxy) is 2. The molecule has 2 heterocycles. The number of rotatable bonds is 7. The summed E-state index contributed by atoms with van der Waals surface area (Å²) in [4.78, 5) is 21.2. The molecule has 0 saturated carbocycles. The summed E-state index contributed by atoms with van der Waals surface area (Å²) < 4.78 is 46.6. The minimum atomic E-state index is -4.78. The number of nitrogens with one attached hydrogen (secondary N) is 1. The Balaban J connectivity index is 1.46. The van der Waals surface area contributed by atoms with Crippen molar-refractivity contribution in [2.45, 2.75) is 6.36 Å². The zero-order chi connectivity index (χ0) is 25.9. The molecule has 4 N–H and O–H groups in total. The maximum absolute atomic E-state index is 13.2. The maximum Gasteiger partial charge on any atom is 0.573 e. The van der Waals surface area contributed by atoms with Crippen molar-refractivity contribution in [2.24, 2.45) is 10.9 Å². The first kappa shape index (κ1) is 24.5. The van der Waals surface area contributed by atoms with Gasteiger partial charge in [0.1, 0.15) is 18.1 Å². The molecule has 0 unspecified atom stereocenters. The molecule has 0 fully saturated rings. The third kappa shape index (κ3) is 5.55. The van der Waals surface area contributed by atoms with Crippen LogP contribution in [0.15, 0.2) is 59.9 Å². The van der Waals surface area contributed by atoms with Gasteiger partial charge in [-0.1, -0.05) is 23.4 Å². The number of hydrogen-bond donors (Lipinski definition) is 3. The Hall–Kier alpha value is -4.59. The van der Waals surface area contributed by atoms with Crippen LogP contribution in [0.2, 0.25) is 0 Å². The Bertz CT molecular complexity index is 1290. The van der Waals surface area contributed by atoms with Crippen LogP contribution in [0, 0.1) is 0 Å². The molecule has 36 heavy (non-hydrogen) atoms. The van der Waals surface area contributed by atoms with Crippen molar-refractivity contribution in [1.29, 1.82) is 0 Å². The highest BCUT2D eigenvalue weighted by Gasteiger charge is 2.31. The highest BCUT2D eigenvalue weighted by atomic mass is 19.4. The van der Waals surface area contributed by atoms with Crippen molar-refractivity contribution in [3.63, 3.8) is 0 Å². The molecule has 1 aliphatic rings. The van der Waals surface area contributed by atoms with Crippen LogP contribution in [0.1, 0.15) is 16.1 Å². The van der Waals surface area contributed by atoms with Crippen LogP contribution in [0.25, 0.3) is 11.1 Å². The largest absolute Gasteiger partial charge is 0.573 e. The number of anilines is 1. The molecule has 1 aliphatic heterocycles. The van der Waals surface area contributed by atoms with Gasteiger partial charge in [0.05, 0.1) is 17.8 Å². The van der Waals surface area contributed by atoms with Crippen LogP contribution in [-0.4, -0.2) is 63.6 Å². The molecule has 0 atom stereocenters. The molecular weight excluding hydrogens is 483 g/mol. The van der Waals surface area contributed by atoms with E-state index in [1.807, 2.05) is 0 Å². The highest BCUT2D eigenvalue weighted by Crippen LogP contribution is 2.31. The lowest BCUT2D eigenvalue weighted by atomic mass is 10.0. The van der Waals surface area contributed by atoms with Gasteiger partial charge in [0.2, 0.25) is 0 Å². The number of amides is 1. The first-order valence-electron chi connectivity index (χ1n) is 10.4. The molecule has 0 radical (unpaired) electrons. The minimum Gasteiger partial charge on any atom is -0.461 e. The van der Waals surface area contributed by atoms with E-state index < -0.39 is 6.36 Å². The SMILES string of the molecule is CN1Nc2ccc(-c3ccc(OC(F)(F)F)cc3)cc2C(=O)N1CCOc1nccc(/C(N)=N/O)n1. The number of hydrogen-bond acceptors (Lipinski definition) is 9. The third-order valence-electron chi connectivity index (χ3n) is 5.09. The Kier molecular flexibility index (Phi) is 6.78. The molecule has 1 aromatic heterocycles. The quantitative estimate of drug-likeness (QED) is 0.192. The lowest BCUT2D eigenvalue weighted by Crippen LogP contribution is -2.52. The summed E-state index contributed by atoms with van der Waals surface area (Å²) in [5.74, 6) is -0.858. The van der Waals surface area contributed by atoms with Crippen LogP contribution in [0.4, 0.5) is 18.9 Å². The fourth-order valence-corrected chi connectivity index (χ4v) is 3.44. The summed E-state index contributed by atoms with van der Waals surface area (Å²) in [5, 5.41) is 14.5. The number of fused-ring (bicyclic) bond motifs is 1. The van der Waals surface area contributed by atoms with E-state index in [-0.39, 0.29) is 42.3 Å². The molecule has 3 aromatic rings. The van der Waals surface area contributed by atoms with Crippen molar-refractivity contribution in [3.8, 4) is 22.9 Å². The van der Waals surface area contributed by atoms with Gasteiger partial charge in [-0.15, -0.1) is 18.3 Å². The number of nitrogens with two attached hydrogens (primary N) is 1. The predicted octanol–water partition coefficient (Wildman–Crippen LogP) is 2.85. The number of benzene rings is 2. The molecule has 4 rings (SSSR count). The molecule has 11 nitrogen and oxygen atoms in total. The molecule has 0 saturated heterocycles. The fraction of sp³-hybridized carbons (Fsp3) is 0.182. The normalized spacial score (nSPS) is 14.3. The number of alkyl halides is 3. The Morgan fingerprint density at radius 1 is 1.17 bits per heavy atom. The van der Waals surface area contributed by atoms with E-state index in [2.05, 4.69) is 25.3 Å². The summed E-state index contributed by atoms with van der Waals surface area (Å²) in [6, 6.07) is 11.9. The van der Waals surface area contributed by atoms with Crippen LogP contribution in [0.3, 0.4) is 0 Å². The lowest BCUT2D eigenvalue weighted by molar-refractivity contribution is -0.274. The molecular formula is C22H20F3N7O4. The van der Waals surface area contributed by atoms with Gasteiger partial charge in [-0.2, -0.15) is 4.98 Å². The molecule has 0 bridgehead atoms. The minimum absolute atomic E-state index is 0.0141. The standard InChI is InChI=1S/C22H20F3N7O4/c1-31-29-17-7-4-14(13-2-5-15(6-3-13)36-22(23,24)25)12-16(17)20(33)32(31)10-11-35-21-27-9-8-18(28-21)19(26)30-34/h2-9,12,29,34H,10-11H2,1H3,(H2,26,30). The first-order chi connectivity index (χ1) is 17.1. The molecule has 2 aromatic carbocycles. The van der Waals surface area contributed by atoms with E-state index in [0.29, 0.717) is 22.4 Å². The third-order valence-corrected chi connectivity index (χ3v) is 5.09. The number of hydrazine groups is 2. The summed E-state index contributed by atoms with van der Waals surface area (Å²) in [5.41, 5.74) is 10.9. The van der Waals surface area contributed by atoms with Gasteiger partial charge < -0.3 is 25.8 Å². The van der Waals surface area contributed by atoms with Crippen molar-refractivity contribution in [2.75, 3.05) is 25.6 Å². The molecule has 0 spiro atoms. The van der Waals surface area contributed by atoms with Gasteiger partial charge >= 0.3 is 12.4 Å². The summed E-state index contributed by atoms with van der Waals surface area (Å²) >= 11 is 0. The number of halogens is 3. The summed E-state index contributed by atoms with van der Waals surface area (Å²) in [6.45, 7) is 0.166. The average molecular weight is 503 g/mol. The maximum atomic E-state index is 13.2. The van der Waals surface area contributed by atoms with Crippen molar-refractivity contribution >= 4 is 17.4 Å². The Morgan fingerprint density at radius 2 is 1.89 bits per heavy atom. The predicted molar refractivity (Wildman–Crippen MR) is 121 cm³/mol. The molecule has 188 valence electrons. The smallest absolute Gasteiger partial charge is 0.461 e. The second kappa shape index (κ2) is 9.95. The van der Waals surface area contributed by atoms with Crippen LogP contribution < -0.4 is 20.6 Å². The van der Waals surface area contributed by atoms with Gasteiger partial charge in [0, 0.05) is 13.2 Å². The van der Waals surface area contributed by atoms with Crippen LogP contribution in [0.5, 0.6) is 11.8 Å². The van der Waals surface area contributed by atoms with Crippen molar-refractivity contribution in [1.82, 2.24) is 20.1 Å². The zero-order valence-electron chi connectivity index (χ0n) is 18.7. The van der Waals surface area contributed by atoms with Gasteiger partial charge in [0.25, 0.3) is 5.91 Å². The number of aromatic nitrogens is 2. The van der Waals surface area contributed by atoms with E-state index in [4.69, 9.17) is 15.7 Å². The van der Waals surface area contributed by atoms with E-state index in [1.165, 1.54) is 46.7 Å². The van der Waals surface area contributed by atoms with Gasteiger partial charge in [-0.3, -0.25) is 9.80 Å². The average Bonchev–Trinajstić information content (AvgIpc) is 2.85. The number of carbonyl (C=O) groups excluding carboxylic acids is 1. The number of nitrogens with zero attached hydrogens (tertiary/aromatic N) is 5. The zero-order valence-corrected chi connectivity index (χ0v) is 18.7. The van der Waals surface area contributed by atoms with Gasteiger partial charge in [0.15, 0.2) is 5.84 Å². The number of carbonyl (C=O) groups is 1. The lowest BCUT2D eigenvalue weighted by Gasteiger charge is -2.37. The van der Waals surface area contributed by atoms with E-state index in [1.54, 1.807) is 25.2 Å². The molecule has 1 amide bonds. The van der Waals surface area contributed by atoms with Crippen molar-refractivity contribution in [3.05, 3.63) is 66.0 Å². The second-order valence-electron chi connectivity index (χ2n) is 7.45. The molecule has 0 aliphatic carbocycles. The number of amidine groups is 1. The van der Waals surface area contributed by atoms with Crippen LogP contribution >= 0.6 is 0 Å². The van der Waals surface area contributed by atoms with E-state index in [9.17, 15) is 18.0 Å². The number of oxime groups is 1. The van der Waals surface area contributed by atoms with Gasteiger partial charge in [-0.05, 0) is 41.5 Å². The summed E-state index contributed by atoms with van der Waals surface area (Å²) in [7, 11) is 1.66. The van der Waals surface area contributed by atoms with Crippen molar-refractivity contribution < 1.29 is 32.6 Å². The monoisotopic (exact) mass is 503 g/mol. The highest BCUT2D eigenvalue weighted by molar-refractivity contribution is 6.02. The van der Waals surface area contributed by atoms with Crippen LogP contribution in [-0.2, 0) is 0 Å². The Labute approximate surface area is 202 Å². The Morgan fingerprint density at radius 3 is 2.58 bits per heavy atom. The van der Waals surface area contributed by atoms with Gasteiger partial charge in [-0.25, -0.2) is 4.98 Å².